The highest BCUT2D eigenvalue weighted by Crippen LogP contribution is 2.27. The fourth-order valence-electron chi connectivity index (χ4n) is 4.83. The van der Waals surface area contributed by atoms with Crippen LogP contribution in [0.4, 0.5) is 10.2 Å². The number of halogens is 1. The van der Waals surface area contributed by atoms with Gasteiger partial charge in [-0.1, -0.05) is 12.1 Å². The van der Waals surface area contributed by atoms with Crippen molar-refractivity contribution in [1.82, 2.24) is 20.3 Å². The smallest absolute Gasteiger partial charge is 0.251 e. The van der Waals surface area contributed by atoms with Crippen molar-refractivity contribution in [2.75, 3.05) is 44.1 Å². The van der Waals surface area contributed by atoms with Gasteiger partial charge in [0.15, 0.2) is 15.5 Å². The van der Waals surface area contributed by atoms with Crippen molar-refractivity contribution < 1.29 is 27.1 Å². The summed E-state index contributed by atoms with van der Waals surface area (Å²) in [5.41, 5.74) is 1.97. The van der Waals surface area contributed by atoms with E-state index in [-0.39, 0.29) is 55.7 Å². The van der Waals surface area contributed by atoms with Crippen molar-refractivity contribution in [2.45, 2.75) is 23.7 Å². The molecule has 4 aromatic rings. The first-order chi connectivity index (χ1) is 19.7. The Morgan fingerprint density at radius 1 is 1.07 bits per heavy atom. The number of nitrogens with one attached hydrogen (secondary N) is 1. The molecule has 1 saturated heterocycles. The molecule has 10 nitrogen and oxygen atoms in total. The van der Waals surface area contributed by atoms with E-state index in [4.69, 9.17) is 14.5 Å². The minimum atomic E-state index is -3.52. The molecule has 0 atom stereocenters. The van der Waals surface area contributed by atoms with Gasteiger partial charge < -0.3 is 19.7 Å². The molecule has 41 heavy (non-hydrogen) atoms. The molecule has 212 valence electrons. The monoisotopic (exact) mass is 577 g/mol. The van der Waals surface area contributed by atoms with Crippen LogP contribution in [0.2, 0.25) is 0 Å². The predicted molar refractivity (Wildman–Crippen MR) is 150 cm³/mol. The van der Waals surface area contributed by atoms with E-state index in [0.29, 0.717) is 34.0 Å². The average Bonchev–Trinajstić information content (AvgIpc) is 3.11. The van der Waals surface area contributed by atoms with Crippen LogP contribution >= 0.6 is 0 Å². The molecule has 1 N–H and O–H groups in total. The Kier molecular flexibility index (Phi) is 7.14. The van der Waals surface area contributed by atoms with Crippen LogP contribution in [0.3, 0.4) is 0 Å². The van der Waals surface area contributed by atoms with Gasteiger partial charge in [-0.15, -0.1) is 0 Å². The summed E-state index contributed by atoms with van der Waals surface area (Å²) in [7, 11) is -1.73. The van der Waals surface area contributed by atoms with E-state index >= 15 is 0 Å². The van der Waals surface area contributed by atoms with E-state index in [2.05, 4.69) is 15.3 Å². The Morgan fingerprint density at radius 2 is 1.90 bits per heavy atom. The van der Waals surface area contributed by atoms with E-state index < -0.39 is 21.4 Å². The lowest BCUT2D eigenvalue weighted by Gasteiger charge is -2.37. The molecule has 0 radical (unpaired) electrons. The molecule has 12 heteroatoms. The zero-order valence-electron chi connectivity index (χ0n) is 22.3. The van der Waals surface area contributed by atoms with Gasteiger partial charge in [0.25, 0.3) is 5.91 Å². The van der Waals surface area contributed by atoms with Crippen LogP contribution in [0.25, 0.3) is 22.3 Å². The van der Waals surface area contributed by atoms with Gasteiger partial charge in [0.1, 0.15) is 5.82 Å². The molecule has 2 aliphatic heterocycles. The molecule has 0 unspecified atom stereocenters. The van der Waals surface area contributed by atoms with Gasteiger partial charge in [0.2, 0.25) is 0 Å². The third-order valence-electron chi connectivity index (χ3n) is 7.11. The highest BCUT2D eigenvalue weighted by molar-refractivity contribution is 7.91. The van der Waals surface area contributed by atoms with Crippen LogP contribution in [-0.4, -0.2) is 74.1 Å². The average molecular weight is 578 g/mol. The van der Waals surface area contributed by atoms with Gasteiger partial charge in [0, 0.05) is 24.2 Å². The summed E-state index contributed by atoms with van der Waals surface area (Å²) in [6.07, 6.45) is 1.68. The Balaban J connectivity index is 1.18. The van der Waals surface area contributed by atoms with Gasteiger partial charge in [-0.2, -0.15) is 0 Å². The first-order valence-corrected chi connectivity index (χ1v) is 14.8. The lowest BCUT2D eigenvalue weighted by molar-refractivity contribution is -0.123. The van der Waals surface area contributed by atoms with Crippen LogP contribution in [0, 0.1) is 0 Å². The predicted octanol–water partition coefficient (Wildman–Crippen LogP) is 3.10. The standard InChI is InChI=1S/C29H28FN5O5S/c1-35(16-29(30)17-40-18-29)27-4-2-3-23(34-27)24-8-7-20-13-31-22(12-25(20)33-24)14-32-28(36)19-5-6-21-15-39-9-10-41(37,38)26(21)11-19/h2-8,11-13H,9-10,14-18H2,1H3,(H,32,36). The molecular weight excluding hydrogens is 549 g/mol. The molecule has 2 aliphatic rings. The van der Waals surface area contributed by atoms with Gasteiger partial charge in [-0.25, -0.2) is 22.8 Å². The molecule has 0 aliphatic carbocycles. The number of carbonyl (C=O) groups is 1. The fraction of sp³-hybridized carbons (Fsp3) is 0.310. The number of sulfone groups is 1. The van der Waals surface area contributed by atoms with Gasteiger partial charge in [-0.05, 0) is 48.0 Å². The van der Waals surface area contributed by atoms with Gasteiger partial charge in [-0.3, -0.25) is 9.78 Å². The summed E-state index contributed by atoms with van der Waals surface area (Å²) in [4.78, 5) is 28.7. The molecule has 6 rings (SSSR count). The topological polar surface area (TPSA) is 124 Å². The minimum absolute atomic E-state index is 0.0880. The summed E-state index contributed by atoms with van der Waals surface area (Å²) in [5.74, 6) is 0.0979. The Labute approximate surface area is 236 Å². The second-order valence-electron chi connectivity index (χ2n) is 10.3. The maximum Gasteiger partial charge on any atom is 0.251 e. The molecule has 1 amide bonds. The SMILES string of the molecule is CN(CC1(F)COC1)c1cccc(-c2ccc3cnc(CNC(=O)c4ccc5c(c4)S(=O)(=O)CCOC5)cc3n2)n1. The Morgan fingerprint density at radius 3 is 2.71 bits per heavy atom. The molecule has 1 fully saturated rings. The second-order valence-corrected chi connectivity index (χ2v) is 12.4. The zero-order valence-corrected chi connectivity index (χ0v) is 23.2. The van der Waals surface area contributed by atoms with E-state index in [0.717, 1.165) is 5.39 Å². The van der Waals surface area contributed by atoms with E-state index in [1.54, 1.807) is 36.3 Å². The van der Waals surface area contributed by atoms with Crippen molar-refractivity contribution in [3.05, 3.63) is 77.6 Å². The Bertz CT molecular complexity index is 1750. The highest BCUT2D eigenvalue weighted by atomic mass is 32.2. The summed E-state index contributed by atoms with van der Waals surface area (Å²) in [6, 6.07) is 15.7. The van der Waals surface area contributed by atoms with Crippen molar-refractivity contribution in [3.63, 3.8) is 0 Å². The van der Waals surface area contributed by atoms with Crippen LogP contribution in [0.5, 0.6) is 0 Å². The summed E-state index contributed by atoms with van der Waals surface area (Å²) >= 11 is 0. The lowest BCUT2D eigenvalue weighted by Crippen LogP contribution is -2.53. The van der Waals surface area contributed by atoms with Gasteiger partial charge in [0.05, 0.1) is 72.8 Å². The molecule has 5 heterocycles. The third kappa shape index (κ3) is 5.76. The number of hydrogen-bond acceptors (Lipinski definition) is 9. The lowest BCUT2D eigenvalue weighted by atomic mass is 10.0. The maximum atomic E-state index is 14.5. The first-order valence-electron chi connectivity index (χ1n) is 13.1. The normalized spacial score (nSPS) is 17.2. The number of pyridine rings is 3. The summed E-state index contributed by atoms with van der Waals surface area (Å²) < 4.78 is 50.0. The number of rotatable bonds is 7. The van der Waals surface area contributed by atoms with Crippen molar-refractivity contribution >= 4 is 32.5 Å². The van der Waals surface area contributed by atoms with Gasteiger partial charge >= 0.3 is 0 Å². The van der Waals surface area contributed by atoms with E-state index in [9.17, 15) is 17.6 Å². The minimum Gasteiger partial charge on any atom is -0.376 e. The molecule has 0 saturated carbocycles. The van der Waals surface area contributed by atoms with Crippen LogP contribution in [-0.2, 0) is 32.5 Å². The molecule has 0 bridgehead atoms. The molecule has 3 aromatic heterocycles. The number of anilines is 1. The maximum absolute atomic E-state index is 14.5. The molecule has 0 spiro atoms. The highest BCUT2D eigenvalue weighted by Gasteiger charge is 2.40. The van der Waals surface area contributed by atoms with E-state index in [1.807, 2.05) is 30.3 Å². The summed E-state index contributed by atoms with van der Waals surface area (Å²) in [6.45, 7) is 0.800. The second kappa shape index (κ2) is 10.8. The van der Waals surface area contributed by atoms with Crippen molar-refractivity contribution in [3.8, 4) is 11.4 Å². The quantitative estimate of drug-likeness (QED) is 0.353. The third-order valence-corrected chi connectivity index (χ3v) is 8.86. The number of alkyl halides is 1. The number of hydrogen-bond donors (Lipinski definition) is 1. The first kappa shape index (κ1) is 27.2. The van der Waals surface area contributed by atoms with Crippen LogP contribution in [0.1, 0.15) is 21.6 Å². The number of carbonyl (C=O) groups excluding carboxylic acids is 1. The molecular formula is C29H28FN5O5S. The van der Waals surface area contributed by atoms with Crippen molar-refractivity contribution in [2.24, 2.45) is 0 Å². The zero-order chi connectivity index (χ0) is 28.6. The largest absolute Gasteiger partial charge is 0.376 e. The number of amides is 1. The van der Waals surface area contributed by atoms with Crippen LogP contribution < -0.4 is 10.2 Å². The number of fused-ring (bicyclic) bond motifs is 2. The molecule has 1 aromatic carbocycles. The summed E-state index contributed by atoms with van der Waals surface area (Å²) in [5, 5.41) is 3.63. The number of benzene rings is 1. The number of aromatic nitrogens is 3. The fourth-order valence-corrected chi connectivity index (χ4v) is 6.23. The Hall–Kier alpha value is -4.00. The number of nitrogens with zero attached hydrogens (tertiary/aromatic N) is 4. The van der Waals surface area contributed by atoms with E-state index in [1.165, 1.54) is 6.07 Å². The van der Waals surface area contributed by atoms with Crippen LogP contribution in [0.15, 0.2) is 65.7 Å². The number of ether oxygens (including phenoxy) is 2. The van der Waals surface area contributed by atoms with Crippen molar-refractivity contribution in [1.29, 1.82) is 0 Å².